The van der Waals surface area contributed by atoms with Gasteiger partial charge in [-0.2, -0.15) is 4.31 Å². The van der Waals surface area contributed by atoms with Crippen molar-refractivity contribution in [3.63, 3.8) is 0 Å². The molecule has 3 rings (SSSR count). The zero-order valence-electron chi connectivity index (χ0n) is 16.4. The highest BCUT2D eigenvalue weighted by Gasteiger charge is 2.32. The van der Waals surface area contributed by atoms with Crippen LogP contribution in [0.1, 0.15) is 25.3 Å². The molecule has 1 atom stereocenters. The highest BCUT2D eigenvalue weighted by molar-refractivity contribution is 7.89. The van der Waals surface area contributed by atoms with Crippen LogP contribution in [0.2, 0.25) is 5.02 Å². The molecule has 1 heterocycles. The Balaban J connectivity index is 1.56. The zero-order chi connectivity index (χ0) is 21.9. The Labute approximate surface area is 180 Å². The summed E-state index contributed by atoms with van der Waals surface area (Å²) >= 11 is 5.71. The number of carbonyl (C=O) groups is 1. The molecule has 0 aromatic heterocycles. The van der Waals surface area contributed by atoms with Gasteiger partial charge in [0.2, 0.25) is 15.9 Å². The maximum atomic E-state index is 13.8. The van der Waals surface area contributed by atoms with Gasteiger partial charge in [-0.3, -0.25) is 4.79 Å². The van der Waals surface area contributed by atoms with Gasteiger partial charge in [-0.05, 0) is 56.0 Å². The third kappa shape index (κ3) is 5.17. The van der Waals surface area contributed by atoms with Crippen LogP contribution in [-0.4, -0.2) is 37.8 Å². The van der Waals surface area contributed by atoms with E-state index in [9.17, 15) is 22.0 Å². The average molecular weight is 457 g/mol. The molecule has 2 aromatic carbocycles. The summed E-state index contributed by atoms with van der Waals surface area (Å²) in [4.78, 5) is 12.5. The summed E-state index contributed by atoms with van der Waals surface area (Å²) in [6.45, 7) is 2.16. The van der Waals surface area contributed by atoms with Crippen LogP contribution in [0, 0.1) is 17.6 Å². The lowest BCUT2D eigenvalue weighted by atomic mass is 9.96. The molecule has 0 aliphatic carbocycles. The lowest BCUT2D eigenvalue weighted by molar-refractivity contribution is -0.126. The van der Waals surface area contributed by atoms with Gasteiger partial charge in [0.15, 0.2) is 0 Å². The molecule has 0 spiro atoms. The van der Waals surface area contributed by atoms with E-state index in [1.807, 2.05) is 6.92 Å². The van der Waals surface area contributed by atoms with E-state index in [0.29, 0.717) is 24.8 Å². The maximum absolute atomic E-state index is 13.8. The first-order chi connectivity index (χ1) is 14.2. The molecular weight excluding hydrogens is 434 g/mol. The van der Waals surface area contributed by atoms with Gasteiger partial charge in [0.05, 0.1) is 9.92 Å². The Morgan fingerprint density at radius 1 is 1.17 bits per heavy atom. The number of hydrogen-bond donors (Lipinski definition) is 1. The van der Waals surface area contributed by atoms with Gasteiger partial charge in [-0.1, -0.05) is 29.8 Å². The molecule has 1 amide bonds. The summed E-state index contributed by atoms with van der Waals surface area (Å²) in [6.07, 6.45) is 1.11. The highest BCUT2D eigenvalue weighted by atomic mass is 35.5. The predicted molar refractivity (Wildman–Crippen MR) is 111 cm³/mol. The molecule has 2 aromatic rings. The number of carbonyl (C=O) groups excluding carboxylic acids is 1. The summed E-state index contributed by atoms with van der Waals surface area (Å²) in [5, 5.41) is 2.64. The van der Waals surface area contributed by atoms with Crippen LogP contribution in [0.15, 0.2) is 47.4 Å². The number of sulfonamides is 1. The molecule has 30 heavy (non-hydrogen) atoms. The van der Waals surface area contributed by atoms with Gasteiger partial charge in [0.1, 0.15) is 11.6 Å². The standard InChI is InChI=1S/C21H23ClF2N2O3S/c1-14(12-16-4-2-3-5-19(16)23)25-21(27)15-8-10-26(11-9-15)30(28,29)17-6-7-20(24)18(22)13-17/h2-7,13-15H,8-12H2,1H3,(H,25,27). The maximum Gasteiger partial charge on any atom is 0.243 e. The Morgan fingerprint density at radius 2 is 1.83 bits per heavy atom. The number of hydrogen-bond acceptors (Lipinski definition) is 3. The van der Waals surface area contributed by atoms with Gasteiger partial charge >= 0.3 is 0 Å². The van der Waals surface area contributed by atoms with E-state index in [4.69, 9.17) is 11.6 Å². The SMILES string of the molecule is CC(Cc1ccccc1F)NC(=O)C1CCN(S(=O)(=O)c2ccc(F)c(Cl)c2)CC1. The molecule has 0 saturated carbocycles. The summed E-state index contributed by atoms with van der Waals surface area (Å²) in [5.74, 6) is -1.48. The molecule has 9 heteroatoms. The van der Waals surface area contributed by atoms with E-state index < -0.39 is 15.8 Å². The van der Waals surface area contributed by atoms with Crippen molar-refractivity contribution < 1.29 is 22.0 Å². The van der Waals surface area contributed by atoms with E-state index in [-0.39, 0.29) is 46.7 Å². The molecule has 0 radical (unpaired) electrons. The van der Waals surface area contributed by atoms with Crippen LogP contribution in [0.25, 0.3) is 0 Å². The first-order valence-electron chi connectivity index (χ1n) is 9.67. The highest BCUT2D eigenvalue weighted by Crippen LogP contribution is 2.26. The molecule has 1 N–H and O–H groups in total. The molecular formula is C21H23ClF2N2O3S. The third-order valence-corrected chi connectivity index (χ3v) is 7.41. The van der Waals surface area contributed by atoms with Crippen molar-refractivity contribution in [1.82, 2.24) is 9.62 Å². The second-order valence-corrected chi connectivity index (χ2v) is 9.80. The van der Waals surface area contributed by atoms with Crippen LogP contribution in [0.3, 0.4) is 0 Å². The number of piperidine rings is 1. The normalized spacial score (nSPS) is 16.9. The summed E-state index contributed by atoms with van der Waals surface area (Å²) in [6, 6.07) is 9.47. The van der Waals surface area contributed by atoms with Crippen LogP contribution in [0.5, 0.6) is 0 Å². The topological polar surface area (TPSA) is 66.5 Å². The van der Waals surface area contributed by atoms with Crippen molar-refractivity contribution in [3.8, 4) is 0 Å². The van der Waals surface area contributed by atoms with Crippen molar-refractivity contribution in [1.29, 1.82) is 0 Å². The summed E-state index contributed by atoms with van der Waals surface area (Å²) in [7, 11) is -3.81. The number of amides is 1. The molecule has 1 aliphatic heterocycles. The van der Waals surface area contributed by atoms with E-state index in [1.54, 1.807) is 18.2 Å². The lowest BCUT2D eigenvalue weighted by Gasteiger charge is -2.31. The quantitative estimate of drug-likeness (QED) is 0.719. The molecule has 1 aliphatic rings. The minimum absolute atomic E-state index is 0.0738. The number of benzene rings is 2. The van der Waals surface area contributed by atoms with Crippen LogP contribution < -0.4 is 5.32 Å². The van der Waals surface area contributed by atoms with Crippen molar-refractivity contribution in [2.45, 2.75) is 37.1 Å². The predicted octanol–water partition coefficient (Wildman–Crippen LogP) is 3.77. The Bertz CT molecular complexity index is 1020. The van der Waals surface area contributed by atoms with Crippen LogP contribution in [-0.2, 0) is 21.2 Å². The lowest BCUT2D eigenvalue weighted by Crippen LogP contribution is -2.45. The van der Waals surface area contributed by atoms with Crippen molar-refractivity contribution >= 4 is 27.5 Å². The summed E-state index contributed by atoms with van der Waals surface area (Å²) in [5.41, 5.74) is 0.532. The first kappa shape index (κ1) is 22.7. The number of nitrogens with zero attached hydrogens (tertiary/aromatic N) is 1. The second kappa shape index (κ2) is 9.41. The van der Waals surface area contributed by atoms with Crippen LogP contribution >= 0.6 is 11.6 Å². The fourth-order valence-corrected chi connectivity index (χ4v) is 5.29. The van der Waals surface area contributed by atoms with Gasteiger partial charge in [0.25, 0.3) is 0 Å². The van der Waals surface area contributed by atoms with Gasteiger partial charge < -0.3 is 5.32 Å². The minimum atomic E-state index is -3.81. The fourth-order valence-electron chi connectivity index (χ4n) is 3.55. The number of halogens is 3. The van der Waals surface area contributed by atoms with E-state index >= 15 is 0 Å². The molecule has 1 unspecified atom stereocenters. The smallest absolute Gasteiger partial charge is 0.243 e. The molecule has 5 nitrogen and oxygen atoms in total. The zero-order valence-corrected chi connectivity index (χ0v) is 18.0. The Hall–Kier alpha value is -2.03. The molecule has 162 valence electrons. The fraction of sp³-hybridized carbons (Fsp3) is 0.381. The van der Waals surface area contributed by atoms with Gasteiger partial charge in [-0.25, -0.2) is 17.2 Å². The minimum Gasteiger partial charge on any atom is -0.353 e. The molecule has 1 fully saturated rings. The van der Waals surface area contributed by atoms with E-state index in [2.05, 4.69) is 5.32 Å². The first-order valence-corrected chi connectivity index (χ1v) is 11.5. The van der Waals surface area contributed by atoms with Crippen molar-refractivity contribution in [3.05, 3.63) is 64.7 Å². The number of rotatable bonds is 6. The molecule has 0 bridgehead atoms. The monoisotopic (exact) mass is 456 g/mol. The van der Waals surface area contributed by atoms with Crippen LogP contribution in [0.4, 0.5) is 8.78 Å². The number of nitrogens with one attached hydrogen (secondary N) is 1. The Morgan fingerprint density at radius 3 is 2.47 bits per heavy atom. The van der Waals surface area contributed by atoms with E-state index in [0.717, 1.165) is 12.1 Å². The Kier molecular flexibility index (Phi) is 7.10. The van der Waals surface area contributed by atoms with Crippen molar-refractivity contribution in [2.75, 3.05) is 13.1 Å². The van der Waals surface area contributed by atoms with Gasteiger partial charge in [0, 0.05) is 25.0 Å². The summed E-state index contributed by atoms with van der Waals surface area (Å²) < 4.78 is 53.9. The second-order valence-electron chi connectivity index (χ2n) is 7.46. The van der Waals surface area contributed by atoms with Gasteiger partial charge in [-0.15, -0.1) is 0 Å². The molecule has 1 saturated heterocycles. The van der Waals surface area contributed by atoms with Crippen molar-refractivity contribution in [2.24, 2.45) is 5.92 Å². The third-order valence-electron chi connectivity index (χ3n) is 5.23. The largest absolute Gasteiger partial charge is 0.353 e. The van der Waals surface area contributed by atoms with E-state index in [1.165, 1.54) is 16.4 Å². The average Bonchev–Trinajstić information content (AvgIpc) is 2.71.